The lowest BCUT2D eigenvalue weighted by molar-refractivity contribution is -0.132. The fraction of sp³-hybridized carbons (Fsp3) is 0.333. The second-order valence-electron chi connectivity index (χ2n) is 4.55. The number of benzene rings is 1. The zero-order chi connectivity index (χ0) is 15.0. The van der Waals surface area contributed by atoms with Crippen molar-refractivity contribution in [1.29, 1.82) is 5.26 Å². The van der Waals surface area contributed by atoms with E-state index in [1.54, 1.807) is 30.3 Å². The molecule has 1 rings (SSSR count). The summed E-state index contributed by atoms with van der Waals surface area (Å²) in [5, 5.41) is 17.4. The van der Waals surface area contributed by atoms with Crippen molar-refractivity contribution in [2.24, 2.45) is 0 Å². The fourth-order valence-corrected chi connectivity index (χ4v) is 1.54. The van der Waals surface area contributed by atoms with Gasteiger partial charge in [-0.2, -0.15) is 5.26 Å². The molecule has 0 aliphatic rings. The summed E-state index contributed by atoms with van der Waals surface area (Å²) < 4.78 is 5.56. The Morgan fingerprint density at radius 2 is 2.05 bits per heavy atom. The van der Waals surface area contributed by atoms with Crippen LogP contribution in [0.1, 0.15) is 12.0 Å². The Hall–Kier alpha value is -2.32. The van der Waals surface area contributed by atoms with E-state index in [0.717, 1.165) is 18.7 Å². The molecule has 1 aromatic carbocycles. The Labute approximate surface area is 118 Å². The summed E-state index contributed by atoms with van der Waals surface area (Å²) >= 11 is 0. The third-order valence-electron chi connectivity index (χ3n) is 2.56. The minimum Gasteiger partial charge on any atom is -0.494 e. The van der Waals surface area contributed by atoms with Gasteiger partial charge in [0, 0.05) is 6.54 Å². The van der Waals surface area contributed by atoms with Crippen molar-refractivity contribution < 1.29 is 14.6 Å². The Kier molecular flexibility index (Phi) is 6.27. The van der Waals surface area contributed by atoms with E-state index in [-0.39, 0.29) is 5.57 Å². The van der Waals surface area contributed by atoms with E-state index < -0.39 is 5.97 Å². The van der Waals surface area contributed by atoms with Crippen molar-refractivity contribution in [2.75, 3.05) is 27.2 Å². The SMILES string of the molecule is CN(C)CCCOc1ccc(C=C(C#N)C(=O)O)cc1. The van der Waals surface area contributed by atoms with Gasteiger partial charge in [-0.3, -0.25) is 0 Å². The molecule has 0 unspecified atom stereocenters. The first-order valence-electron chi connectivity index (χ1n) is 6.25. The first-order chi connectivity index (χ1) is 9.52. The van der Waals surface area contributed by atoms with Crippen LogP contribution in [0.5, 0.6) is 5.75 Å². The maximum atomic E-state index is 10.7. The first kappa shape index (κ1) is 15.7. The lowest BCUT2D eigenvalue weighted by Gasteiger charge is -2.10. The summed E-state index contributed by atoms with van der Waals surface area (Å²) in [4.78, 5) is 12.8. The molecule has 0 heterocycles. The van der Waals surface area contributed by atoms with Gasteiger partial charge in [0.25, 0.3) is 0 Å². The monoisotopic (exact) mass is 274 g/mol. The molecular weight excluding hydrogens is 256 g/mol. The highest BCUT2D eigenvalue weighted by atomic mass is 16.5. The molecule has 0 atom stereocenters. The van der Waals surface area contributed by atoms with Gasteiger partial charge in [-0.05, 0) is 44.3 Å². The number of nitrogens with zero attached hydrogens (tertiary/aromatic N) is 2. The van der Waals surface area contributed by atoms with E-state index in [1.165, 1.54) is 6.08 Å². The van der Waals surface area contributed by atoms with Crippen LogP contribution in [-0.2, 0) is 4.79 Å². The van der Waals surface area contributed by atoms with Gasteiger partial charge in [-0.15, -0.1) is 0 Å². The van der Waals surface area contributed by atoms with Crippen molar-refractivity contribution in [1.82, 2.24) is 4.90 Å². The summed E-state index contributed by atoms with van der Waals surface area (Å²) in [7, 11) is 4.02. The second kappa shape index (κ2) is 7.97. The zero-order valence-electron chi connectivity index (χ0n) is 11.7. The van der Waals surface area contributed by atoms with Crippen LogP contribution in [-0.4, -0.2) is 43.2 Å². The molecule has 0 saturated carbocycles. The highest BCUT2D eigenvalue weighted by molar-refractivity contribution is 5.96. The number of aliphatic carboxylic acids is 1. The number of carbonyl (C=O) groups is 1. The maximum Gasteiger partial charge on any atom is 0.346 e. The average Bonchev–Trinajstić information content (AvgIpc) is 2.41. The molecule has 1 aromatic rings. The Morgan fingerprint density at radius 3 is 2.55 bits per heavy atom. The molecule has 0 radical (unpaired) electrons. The van der Waals surface area contributed by atoms with Gasteiger partial charge in [-0.1, -0.05) is 12.1 Å². The third-order valence-corrected chi connectivity index (χ3v) is 2.56. The molecule has 0 fully saturated rings. The molecule has 0 aromatic heterocycles. The highest BCUT2D eigenvalue weighted by Gasteiger charge is 2.05. The molecule has 0 spiro atoms. The van der Waals surface area contributed by atoms with Crippen LogP contribution in [0.2, 0.25) is 0 Å². The van der Waals surface area contributed by atoms with E-state index in [9.17, 15) is 4.79 Å². The lowest BCUT2D eigenvalue weighted by atomic mass is 10.1. The molecule has 0 bridgehead atoms. The van der Waals surface area contributed by atoms with Gasteiger partial charge in [0.2, 0.25) is 0 Å². The molecule has 1 N–H and O–H groups in total. The standard InChI is InChI=1S/C15H18N2O3/c1-17(2)8-3-9-20-14-6-4-12(5-7-14)10-13(11-16)15(18)19/h4-7,10H,3,8-9H2,1-2H3,(H,18,19). The van der Waals surface area contributed by atoms with Gasteiger partial charge < -0.3 is 14.7 Å². The third kappa shape index (κ3) is 5.55. The van der Waals surface area contributed by atoms with E-state index >= 15 is 0 Å². The number of hydrogen-bond donors (Lipinski definition) is 1. The molecule has 5 heteroatoms. The Balaban J connectivity index is 2.57. The first-order valence-corrected chi connectivity index (χ1v) is 6.25. The predicted molar refractivity (Wildman–Crippen MR) is 76.3 cm³/mol. The van der Waals surface area contributed by atoms with Gasteiger partial charge in [0.15, 0.2) is 0 Å². The highest BCUT2D eigenvalue weighted by Crippen LogP contribution is 2.14. The van der Waals surface area contributed by atoms with E-state index in [0.29, 0.717) is 12.2 Å². The zero-order valence-corrected chi connectivity index (χ0v) is 11.7. The fourth-order valence-electron chi connectivity index (χ4n) is 1.54. The van der Waals surface area contributed by atoms with Crippen molar-refractivity contribution in [2.45, 2.75) is 6.42 Å². The average molecular weight is 274 g/mol. The van der Waals surface area contributed by atoms with Crippen LogP contribution in [0.25, 0.3) is 6.08 Å². The van der Waals surface area contributed by atoms with Crippen molar-refractivity contribution in [3.8, 4) is 11.8 Å². The minimum absolute atomic E-state index is 0.287. The van der Waals surface area contributed by atoms with Gasteiger partial charge >= 0.3 is 5.97 Å². The van der Waals surface area contributed by atoms with Gasteiger partial charge in [0.05, 0.1) is 6.61 Å². The summed E-state index contributed by atoms with van der Waals surface area (Å²) in [6, 6.07) is 8.61. The molecule has 5 nitrogen and oxygen atoms in total. The molecule has 0 aliphatic heterocycles. The second-order valence-corrected chi connectivity index (χ2v) is 4.55. The number of rotatable bonds is 7. The summed E-state index contributed by atoms with van der Waals surface area (Å²) in [5.41, 5.74) is 0.370. The van der Waals surface area contributed by atoms with E-state index in [1.807, 2.05) is 14.1 Å². The normalized spacial score (nSPS) is 11.2. The molecule has 20 heavy (non-hydrogen) atoms. The molecule has 106 valence electrons. The summed E-state index contributed by atoms with van der Waals surface area (Å²) in [6.45, 7) is 1.59. The number of carboxylic acids is 1. The van der Waals surface area contributed by atoms with Crippen molar-refractivity contribution >= 4 is 12.0 Å². The summed E-state index contributed by atoms with van der Waals surface area (Å²) in [6.07, 6.45) is 2.27. The minimum atomic E-state index is -1.23. The van der Waals surface area contributed by atoms with Crippen LogP contribution >= 0.6 is 0 Å². The van der Waals surface area contributed by atoms with Crippen LogP contribution in [0.4, 0.5) is 0 Å². The summed E-state index contributed by atoms with van der Waals surface area (Å²) in [5.74, 6) is -0.494. The van der Waals surface area contributed by atoms with E-state index in [2.05, 4.69) is 4.90 Å². The van der Waals surface area contributed by atoms with Gasteiger partial charge in [-0.25, -0.2) is 4.79 Å². The van der Waals surface area contributed by atoms with Gasteiger partial charge in [0.1, 0.15) is 17.4 Å². The predicted octanol–water partition coefficient (Wildman–Crippen LogP) is 2.01. The van der Waals surface area contributed by atoms with Crippen molar-refractivity contribution in [3.63, 3.8) is 0 Å². The van der Waals surface area contributed by atoms with Crippen LogP contribution in [0.3, 0.4) is 0 Å². The Morgan fingerprint density at radius 1 is 1.40 bits per heavy atom. The smallest absolute Gasteiger partial charge is 0.346 e. The van der Waals surface area contributed by atoms with Crippen LogP contribution in [0, 0.1) is 11.3 Å². The largest absolute Gasteiger partial charge is 0.494 e. The number of nitriles is 1. The number of carboxylic acid groups (broad SMARTS) is 1. The molecule has 0 aliphatic carbocycles. The number of hydrogen-bond acceptors (Lipinski definition) is 4. The lowest BCUT2D eigenvalue weighted by Crippen LogP contribution is -2.15. The van der Waals surface area contributed by atoms with E-state index in [4.69, 9.17) is 15.1 Å². The molecular formula is C15H18N2O3. The molecule has 0 amide bonds. The van der Waals surface area contributed by atoms with Crippen molar-refractivity contribution in [3.05, 3.63) is 35.4 Å². The Bertz CT molecular complexity index is 513. The van der Waals surface area contributed by atoms with Crippen LogP contribution in [0.15, 0.2) is 29.8 Å². The quantitative estimate of drug-likeness (QED) is 0.468. The van der Waals surface area contributed by atoms with Crippen LogP contribution < -0.4 is 4.74 Å². The maximum absolute atomic E-state index is 10.7. The molecule has 0 saturated heterocycles. The topological polar surface area (TPSA) is 73.6 Å². The number of ether oxygens (including phenoxy) is 1.